The molecule has 0 atom stereocenters. The summed E-state index contributed by atoms with van der Waals surface area (Å²) in [6, 6.07) is 15.7. The minimum atomic E-state index is -0.238. The van der Waals surface area contributed by atoms with Crippen LogP contribution in [0.3, 0.4) is 0 Å². The molecule has 0 spiro atoms. The summed E-state index contributed by atoms with van der Waals surface area (Å²) in [6.45, 7) is 10.4. The van der Waals surface area contributed by atoms with Gasteiger partial charge in [0.05, 0.1) is 35.3 Å². The number of likely N-dealkylation sites (N-methyl/N-ethyl adjacent to an activating group) is 1. The summed E-state index contributed by atoms with van der Waals surface area (Å²) in [6.07, 6.45) is 4.32. The van der Waals surface area contributed by atoms with Crippen molar-refractivity contribution in [3.05, 3.63) is 83.7 Å². The van der Waals surface area contributed by atoms with Crippen molar-refractivity contribution in [3.8, 4) is 5.75 Å². The lowest BCUT2D eigenvalue weighted by Gasteiger charge is -2.32. The Morgan fingerprint density at radius 3 is 2.68 bits per heavy atom. The Labute approximate surface area is 239 Å². The van der Waals surface area contributed by atoms with Crippen molar-refractivity contribution in [2.45, 2.75) is 26.8 Å². The fraction of sp³-hybridized carbons (Fsp3) is 0.355. The number of carbonyl (C=O) groups is 1. The molecule has 0 radical (unpaired) electrons. The number of nitrogens with one attached hydrogen (secondary N) is 1. The van der Waals surface area contributed by atoms with Crippen molar-refractivity contribution in [2.75, 3.05) is 51.7 Å². The van der Waals surface area contributed by atoms with Crippen LogP contribution in [-0.4, -0.2) is 86.2 Å². The van der Waals surface area contributed by atoms with Gasteiger partial charge in [0.25, 0.3) is 5.91 Å². The highest BCUT2D eigenvalue weighted by atomic mass is 16.5. The van der Waals surface area contributed by atoms with Gasteiger partial charge in [0, 0.05) is 56.1 Å². The van der Waals surface area contributed by atoms with E-state index in [1.807, 2.05) is 66.3 Å². The Morgan fingerprint density at radius 1 is 1.05 bits per heavy atom. The summed E-state index contributed by atoms with van der Waals surface area (Å²) in [4.78, 5) is 27.4. The molecule has 0 unspecified atom stereocenters. The first-order chi connectivity index (χ1) is 20.0. The van der Waals surface area contributed by atoms with E-state index >= 15 is 0 Å². The minimum absolute atomic E-state index is 0.238. The first-order valence-electron chi connectivity index (χ1n) is 14.2. The first-order valence-corrected chi connectivity index (χ1v) is 14.2. The molecule has 1 fully saturated rings. The second-order valence-corrected chi connectivity index (χ2v) is 10.6. The van der Waals surface area contributed by atoms with Crippen LogP contribution in [0, 0.1) is 6.92 Å². The first kappa shape index (κ1) is 26.9. The number of hydrogen-bond donors (Lipinski definition) is 1. The highest BCUT2D eigenvalue weighted by Crippen LogP contribution is 2.28. The Balaban J connectivity index is 1.16. The number of fused-ring (bicyclic) bond motifs is 2. The predicted molar refractivity (Wildman–Crippen MR) is 160 cm³/mol. The van der Waals surface area contributed by atoms with Gasteiger partial charge in [0.2, 0.25) is 0 Å². The predicted octanol–water partition coefficient (Wildman–Crippen LogP) is 3.88. The summed E-state index contributed by atoms with van der Waals surface area (Å²) >= 11 is 0. The van der Waals surface area contributed by atoms with Gasteiger partial charge in [-0.3, -0.25) is 23.8 Å². The van der Waals surface area contributed by atoms with Gasteiger partial charge in [-0.2, -0.15) is 5.10 Å². The molecule has 6 rings (SSSR count). The maximum Gasteiger partial charge on any atom is 0.274 e. The zero-order valence-electron chi connectivity index (χ0n) is 23.9. The molecule has 10 heteroatoms. The van der Waals surface area contributed by atoms with E-state index in [4.69, 9.17) is 14.8 Å². The lowest BCUT2D eigenvalue weighted by molar-refractivity contribution is 0.102. The molecule has 1 aromatic carbocycles. The summed E-state index contributed by atoms with van der Waals surface area (Å²) in [5.41, 5.74) is 5.63. The van der Waals surface area contributed by atoms with Crippen molar-refractivity contribution in [2.24, 2.45) is 0 Å². The zero-order chi connectivity index (χ0) is 28.3. The van der Waals surface area contributed by atoms with Crippen LogP contribution in [0.4, 0.5) is 5.69 Å². The van der Waals surface area contributed by atoms with Gasteiger partial charge in [-0.05, 0) is 50.7 Å². The third-order valence-electron chi connectivity index (χ3n) is 7.73. The number of piperazine rings is 1. The number of ether oxygens (including phenoxy) is 1. The largest absolute Gasteiger partial charge is 0.492 e. The number of benzene rings is 1. The minimum Gasteiger partial charge on any atom is -0.492 e. The second kappa shape index (κ2) is 11.7. The number of anilines is 1. The molecular weight excluding hydrogens is 516 g/mol. The molecule has 41 heavy (non-hydrogen) atoms. The van der Waals surface area contributed by atoms with E-state index in [0.717, 1.165) is 72.9 Å². The number of aryl methyl sites for hydroxylation is 2. The molecule has 1 amide bonds. The number of nitrogens with zero attached hydrogens (tertiary/aromatic N) is 7. The molecular formula is C31H36N8O2. The van der Waals surface area contributed by atoms with E-state index < -0.39 is 0 Å². The number of carbonyl (C=O) groups excluding carboxylic acids is 1. The Morgan fingerprint density at radius 2 is 1.85 bits per heavy atom. The number of pyridine rings is 2. The summed E-state index contributed by atoms with van der Waals surface area (Å²) in [5.74, 6) is 0.508. The van der Waals surface area contributed by atoms with Crippen molar-refractivity contribution in [3.63, 3.8) is 0 Å². The van der Waals surface area contributed by atoms with Gasteiger partial charge in [-0.15, -0.1) is 0 Å². The van der Waals surface area contributed by atoms with E-state index in [1.54, 1.807) is 10.6 Å². The Hall–Kier alpha value is -4.28. The SMILES string of the molecule is CCc1cccc(Cn2nc(C)c3c(NC(=O)c4cnc5cc(OCCN6CCN(C)CC6)ccn45)cccc32)n1. The van der Waals surface area contributed by atoms with Crippen LogP contribution in [0.1, 0.15) is 34.5 Å². The molecule has 212 valence electrons. The average molecular weight is 553 g/mol. The smallest absolute Gasteiger partial charge is 0.274 e. The van der Waals surface area contributed by atoms with E-state index in [1.165, 1.54) is 0 Å². The normalized spacial score (nSPS) is 14.6. The van der Waals surface area contributed by atoms with E-state index in [2.05, 4.69) is 34.1 Å². The Kier molecular flexibility index (Phi) is 7.67. The third-order valence-corrected chi connectivity index (χ3v) is 7.73. The molecule has 1 aliphatic heterocycles. The lowest BCUT2D eigenvalue weighted by Crippen LogP contribution is -2.45. The van der Waals surface area contributed by atoms with Crippen LogP contribution in [0.5, 0.6) is 5.75 Å². The van der Waals surface area contributed by atoms with Crippen LogP contribution < -0.4 is 10.1 Å². The molecule has 1 aliphatic rings. The van der Waals surface area contributed by atoms with Gasteiger partial charge in [-0.1, -0.05) is 19.1 Å². The van der Waals surface area contributed by atoms with E-state index in [9.17, 15) is 4.79 Å². The lowest BCUT2D eigenvalue weighted by atomic mass is 10.1. The quantitative estimate of drug-likeness (QED) is 0.297. The van der Waals surface area contributed by atoms with Gasteiger partial charge in [-0.25, -0.2) is 4.98 Å². The number of imidazole rings is 1. The van der Waals surface area contributed by atoms with Crippen molar-refractivity contribution in [1.82, 2.24) is 33.9 Å². The Bertz CT molecular complexity index is 1680. The number of amides is 1. The topological polar surface area (TPSA) is 92.8 Å². The maximum absolute atomic E-state index is 13.4. The summed E-state index contributed by atoms with van der Waals surface area (Å²) in [7, 11) is 2.16. The fourth-order valence-electron chi connectivity index (χ4n) is 5.38. The van der Waals surface area contributed by atoms with Crippen molar-refractivity contribution < 1.29 is 9.53 Å². The molecule has 1 saturated heterocycles. The number of aromatic nitrogens is 5. The molecule has 5 heterocycles. The fourth-order valence-corrected chi connectivity index (χ4v) is 5.38. The van der Waals surface area contributed by atoms with Crippen molar-refractivity contribution in [1.29, 1.82) is 0 Å². The monoisotopic (exact) mass is 552 g/mol. The van der Waals surface area contributed by atoms with E-state index in [0.29, 0.717) is 30.2 Å². The highest BCUT2D eigenvalue weighted by molar-refractivity contribution is 6.08. The zero-order valence-corrected chi connectivity index (χ0v) is 23.9. The standard InChI is InChI=1S/C31H36N8O2/c1-4-23-7-5-8-24(33-23)21-39-27-10-6-9-26(30(27)22(2)35-39)34-31(40)28-20-32-29-19-25(11-12-38(28)29)41-18-17-37-15-13-36(3)14-16-37/h5-12,19-20H,4,13-18,21H2,1-3H3,(H,34,40). The highest BCUT2D eigenvalue weighted by Gasteiger charge is 2.18. The van der Waals surface area contributed by atoms with Gasteiger partial charge >= 0.3 is 0 Å². The molecule has 10 nitrogen and oxygen atoms in total. The van der Waals surface area contributed by atoms with Gasteiger partial charge in [0.1, 0.15) is 23.7 Å². The average Bonchev–Trinajstić information content (AvgIpc) is 3.55. The number of hydrogen-bond acceptors (Lipinski definition) is 7. The maximum atomic E-state index is 13.4. The molecule has 4 aromatic heterocycles. The van der Waals surface area contributed by atoms with E-state index in [-0.39, 0.29) is 5.91 Å². The number of rotatable bonds is 9. The second-order valence-electron chi connectivity index (χ2n) is 10.6. The van der Waals surface area contributed by atoms with Crippen LogP contribution in [-0.2, 0) is 13.0 Å². The van der Waals surface area contributed by atoms with Crippen LogP contribution in [0.2, 0.25) is 0 Å². The molecule has 0 saturated carbocycles. The molecule has 0 bridgehead atoms. The third kappa shape index (κ3) is 5.79. The molecule has 5 aromatic rings. The van der Waals surface area contributed by atoms with Gasteiger partial charge < -0.3 is 15.0 Å². The molecule has 0 aliphatic carbocycles. The molecule has 1 N–H and O–H groups in total. The van der Waals surface area contributed by atoms with Crippen molar-refractivity contribution >= 4 is 28.1 Å². The summed E-state index contributed by atoms with van der Waals surface area (Å²) < 4.78 is 9.73. The van der Waals surface area contributed by atoms with Crippen LogP contribution in [0.15, 0.2) is 60.9 Å². The summed E-state index contributed by atoms with van der Waals surface area (Å²) in [5, 5.41) is 8.79. The van der Waals surface area contributed by atoms with Gasteiger partial charge in [0.15, 0.2) is 0 Å². The van der Waals surface area contributed by atoms with Crippen LogP contribution >= 0.6 is 0 Å². The van der Waals surface area contributed by atoms with Crippen LogP contribution in [0.25, 0.3) is 16.6 Å².